The van der Waals surface area contributed by atoms with Crippen molar-refractivity contribution in [3.63, 3.8) is 0 Å². The average Bonchev–Trinajstić information content (AvgIpc) is 3.22. The highest BCUT2D eigenvalue weighted by Gasteiger charge is 2.75. The molecule has 0 bridgehead atoms. The number of aryl methyl sites for hydroxylation is 1. The lowest BCUT2D eigenvalue weighted by Crippen LogP contribution is -2.55. The van der Waals surface area contributed by atoms with Crippen molar-refractivity contribution in [1.82, 2.24) is 9.88 Å². The maximum Gasteiger partial charge on any atom is 0.471 e. The first-order valence-corrected chi connectivity index (χ1v) is 12.3. The number of hydrogen-bond acceptors (Lipinski definition) is 4. The average molecular weight is 578 g/mol. The summed E-state index contributed by atoms with van der Waals surface area (Å²) in [4.78, 5) is 15.3. The Hall–Kier alpha value is -2.91. The number of alkyl halides is 10. The topological polar surface area (TPSA) is 67.3 Å². The molecule has 4 rings (SSSR count). The minimum atomic E-state index is -6.49. The van der Waals surface area contributed by atoms with Crippen LogP contribution in [-0.4, -0.2) is 55.3 Å². The van der Waals surface area contributed by atoms with Crippen molar-refractivity contribution < 1.29 is 57.1 Å². The lowest BCUT2D eigenvalue weighted by molar-refractivity contribution is -0.350. The molecule has 0 radical (unpaired) electrons. The Kier molecular flexibility index (Phi) is 6.32. The summed E-state index contributed by atoms with van der Waals surface area (Å²) in [5.41, 5.74) is -9.14. The van der Waals surface area contributed by atoms with Gasteiger partial charge in [0, 0.05) is 12.2 Å². The maximum atomic E-state index is 14.7. The molecule has 2 aromatic rings. The zero-order chi connectivity index (χ0) is 28.5. The third-order valence-corrected chi connectivity index (χ3v) is 9.44. The van der Waals surface area contributed by atoms with Crippen LogP contribution in [0.1, 0.15) is 29.8 Å². The number of sulfone groups is 1. The van der Waals surface area contributed by atoms with Gasteiger partial charge in [0.05, 0.1) is 16.6 Å². The molecule has 0 N–H and O–H groups in total. The van der Waals surface area contributed by atoms with E-state index in [1.165, 1.54) is 18.2 Å². The summed E-state index contributed by atoms with van der Waals surface area (Å²) in [6.07, 6.45) is -20.2. The lowest BCUT2D eigenvalue weighted by Gasteiger charge is -2.42. The largest absolute Gasteiger partial charge is 0.471 e. The van der Waals surface area contributed by atoms with Gasteiger partial charge in [-0.1, -0.05) is 24.3 Å². The van der Waals surface area contributed by atoms with E-state index in [4.69, 9.17) is 0 Å². The third-order valence-electron chi connectivity index (χ3n) is 6.89. The number of likely N-dealkylation sites (tertiary alicyclic amines) is 1. The van der Waals surface area contributed by atoms with Crippen LogP contribution in [0, 0.1) is 0 Å². The molecule has 1 aromatic heterocycles. The molecule has 1 amide bonds. The molecule has 1 saturated heterocycles. The second-order valence-corrected chi connectivity index (χ2v) is 11.1. The molecule has 38 heavy (non-hydrogen) atoms. The van der Waals surface area contributed by atoms with Gasteiger partial charge in [0.1, 0.15) is 4.75 Å². The maximum absolute atomic E-state index is 14.7. The van der Waals surface area contributed by atoms with Crippen molar-refractivity contribution in [3.05, 3.63) is 59.4 Å². The van der Waals surface area contributed by atoms with E-state index >= 15 is 0 Å². The van der Waals surface area contributed by atoms with Crippen molar-refractivity contribution in [1.29, 1.82) is 0 Å². The van der Waals surface area contributed by atoms with Crippen molar-refractivity contribution in [2.45, 2.75) is 59.1 Å². The second-order valence-electron chi connectivity index (χ2n) is 8.85. The van der Waals surface area contributed by atoms with E-state index < -0.39 is 98.4 Å². The molecule has 2 unspecified atom stereocenters. The molecule has 1 aliphatic carbocycles. The Morgan fingerprint density at radius 2 is 1.47 bits per heavy atom. The van der Waals surface area contributed by atoms with Gasteiger partial charge in [0.25, 0.3) is 0 Å². The van der Waals surface area contributed by atoms with Crippen LogP contribution in [-0.2, 0) is 31.5 Å². The number of nitrogens with zero attached hydrogens (tertiary/aromatic N) is 2. The molecule has 1 aromatic carbocycles. The summed E-state index contributed by atoms with van der Waals surface area (Å²) in [5.74, 6) is -2.35. The minimum absolute atomic E-state index is 0.0265. The number of carbonyl (C=O) groups is 1. The molecule has 2 atom stereocenters. The van der Waals surface area contributed by atoms with Crippen LogP contribution in [0.15, 0.2) is 47.4 Å². The molecule has 16 heteroatoms. The summed E-state index contributed by atoms with van der Waals surface area (Å²) in [5, 5.41) is 0. The van der Waals surface area contributed by atoms with Gasteiger partial charge in [-0.25, -0.2) is 12.8 Å². The molecule has 208 valence electrons. The van der Waals surface area contributed by atoms with Gasteiger partial charge in [-0.2, -0.15) is 39.5 Å². The Morgan fingerprint density at radius 1 is 0.895 bits per heavy atom. The predicted molar refractivity (Wildman–Crippen MR) is 109 cm³/mol. The van der Waals surface area contributed by atoms with Crippen LogP contribution in [0.5, 0.6) is 0 Å². The second kappa shape index (κ2) is 8.55. The van der Waals surface area contributed by atoms with Gasteiger partial charge in [0.15, 0.2) is 9.84 Å². The van der Waals surface area contributed by atoms with E-state index in [-0.39, 0.29) is 6.07 Å². The lowest BCUT2D eigenvalue weighted by atomic mass is 9.80. The molecule has 1 fully saturated rings. The van der Waals surface area contributed by atoms with Crippen molar-refractivity contribution in [2.24, 2.45) is 0 Å². The number of benzene rings is 1. The summed E-state index contributed by atoms with van der Waals surface area (Å²) in [6, 6.07) is 5.08. The van der Waals surface area contributed by atoms with Crippen molar-refractivity contribution in [3.8, 4) is 0 Å². The van der Waals surface area contributed by atoms with Crippen molar-refractivity contribution in [2.75, 3.05) is 6.54 Å². The number of hydrogen-bond donors (Lipinski definition) is 0. The number of carbonyl (C=O) groups excluding carboxylic acids is 1. The number of halogens is 10. The highest BCUT2D eigenvalue weighted by molar-refractivity contribution is 7.92. The summed E-state index contributed by atoms with van der Waals surface area (Å²) < 4.78 is 160. The predicted octanol–water partition coefficient (Wildman–Crippen LogP) is 5.15. The van der Waals surface area contributed by atoms with Crippen LogP contribution < -0.4 is 0 Å². The van der Waals surface area contributed by atoms with Gasteiger partial charge in [-0.3, -0.25) is 9.78 Å². The molecule has 2 heterocycles. The first-order chi connectivity index (χ1) is 17.3. The molecule has 5 nitrogen and oxygen atoms in total. The monoisotopic (exact) mass is 578 g/mol. The number of pyridine rings is 1. The van der Waals surface area contributed by atoms with Gasteiger partial charge < -0.3 is 4.90 Å². The van der Waals surface area contributed by atoms with Gasteiger partial charge in [0.2, 0.25) is 0 Å². The normalized spacial score (nSPS) is 22.7. The number of amides is 1. The van der Waals surface area contributed by atoms with E-state index in [1.807, 2.05) is 0 Å². The fraction of sp³-hybridized carbons (Fsp3) is 0.455. The van der Waals surface area contributed by atoms with Gasteiger partial charge >= 0.3 is 30.1 Å². The van der Waals surface area contributed by atoms with Crippen LogP contribution in [0.25, 0.3) is 0 Å². The standard InChI is InChI=1S/C22H16F10N2O3S/c23-19(21(27,28)29,22(30,31)32)15-8-6-13-14(33-15)7-9-16-18(13,10-11-34(16)17(35)20(24,25)26)38(36,37)12-4-2-1-3-5-12/h1-6,8,16H,7,9-11H2. The number of aromatic nitrogens is 1. The van der Waals surface area contributed by atoms with Crippen LogP contribution in [0.4, 0.5) is 43.9 Å². The molecular formula is C22H16F10N2O3S. The summed E-state index contributed by atoms with van der Waals surface area (Å²) in [6.45, 7) is -0.728. The first-order valence-electron chi connectivity index (χ1n) is 10.8. The van der Waals surface area contributed by atoms with E-state index in [0.717, 1.165) is 12.1 Å². The Morgan fingerprint density at radius 3 is 2.00 bits per heavy atom. The van der Waals surface area contributed by atoms with Crippen LogP contribution in [0.3, 0.4) is 0 Å². The van der Waals surface area contributed by atoms with E-state index in [9.17, 15) is 57.1 Å². The molecule has 0 saturated carbocycles. The molecule has 0 spiro atoms. The van der Waals surface area contributed by atoms with E-state index in [1.54, 1.807) is 0 Å². The zero-order valence-corrected chi connectivity index (χ0v) is 19.6. The summed E-state index contributed by atoms with van der Waals surface area (Å²) >= 11 is 0. The Bertz CT molecular complexity index is 1340. The minimum Gasteiger partial charge on any atom is -0.330 e. The smallest absolute Gasteiger partial charge is 0.330 e. The van der Waals surface area contributed by atoms with Crippen molar-refractivity contribution >= 4 is 15.7 Å². The van der Waals surface area contributed by atoms with Gasteiger partial charge in [-0.05, 0) is 43.0 Å². The fourth-order valence-corrected chi connectivity index (χ4v) is 7.61. The molecular weight excluding hydrogens is 562 g/mol. The summed E-state index contributed by atoms with van der Waals surface area (Å²) in [7, 11) is -4.73. The Balaban J connectivity index is 1.97. The fourth-order valence-electron chi connectivity index (χ4n) is 5.23. The van der Waals surface area contributed by atoms with Crippen LogP contribution in [0.2, 0.25) is 0 Å². The first kappa shape index (κ1) is 28.1. The SMILES string of the molecule is O=C(N1CCC2(S(=O)(=O)c3ccccc3)c3ccc(C(F)(C(F)(F)F)C(F)(F)F)nc3CCC12)C(F)(F)F. The highest BCUT2D eigenvalue weighted by Crippen LogP contribution is 2.56. The molecule has 1 aliphatic heterocycles. The molecule has 2 aliphatic rings. The van der Waals surface area contributed by atoms with Gasteiger partial charge in [-0.15, -0.1) is 0 Å². The quantitative estimate of drug-likeness (QED) is 0.473. The van der Waals surface area contributed by atoms with E-state index in [0.29, 0.717) is 11.0 Å². The zero-order valence-electron chi connectivity index (χ0n) is 18.8. The Labute approximate surface area is 208 Å². The third kappa shape index (κ3) is 3.85. The number of fused-ring (bicyclic) bond motifs is 3. The van der Waals surface area contributed by atoms with Crippen LogP contribution >= 0.6 is 0 Å². The van der Waals surface area contributed by atoms with E-state index in [2.05, 4.69) is 4.98 Å². The highest BCUT2D eigenvalue weighted by atomic mass is 32.2. The number of rotatable bonds is 3.